The van der Waals surface area contributed by atoms with Gasteiger partial charge in [0.05, 0.1) is 23.0 Å². The lowest BCUT2D eigenvalue weighted by molar-refractivity contribution is 0.628. The van der Waals surface area contributed by atoms with Gasteiger partial charge in [-0.25, -0.2) is 9.07 Å². The fourth-order valence-corrected chi connectivity index (χ4v) is 2.07. The molecule has 4 nitrogen and oxygen atoms in total. The van der Waals surface area contributed by atoms with Gasteiger partial charge in [0.2, 0.25) is 0 Å². The SMILES string of the molecule is N#Cc1cccc(-n2nc(-c3ccc(F)cc3)cc2N)c1. The molecule has 0 aliphatic rings. The summed E-state index contributed by atoms with van der Waals surface area (Å²) in [5.41, 5.74) is 8.64. The number of rotatable bonds is 2. The van der Waals surface area contributed by atoms with Crippen LogP contribution in [0.1, 0.15) is 5.56 Å². The number of hydrogen-bond acceptors (Lipinski definition) is 3. The first kappa shape index (κ1) is 12.9. The number of nitrogen functional groups attached to an aromatic ring is 1. The number of anilines is 1. The molecule has 2 aromatic carbocycles. The summed E-state index contributed by atoms with van der Waals surface area (Å²) in [5, 5.41) is 13.4. The molecule has 5 heteroatoms. The molecule has 0 aliphatic carbocycles. The van der Waals surface area contributed by atoms with E-state index in [2.05, 4.69) is 11.2 Å². The van der Waals surface area contributed by atoms with Crippen molar-refractivity contribution in [1.29, 1.82) is 5.26 Å². The highest BCUT2D eigenvalue weighted by atomic mass is 19.1. The second kappa shape index (κ2) is 5.10. The number of halogens is 1. The quantitative estimate of drug-likeness (QED) is 0.783. The largest absolute Gasteiger partial charge is 0.384 e. The third-order valence-electron chi connectivity index (χ3n) is 3.10. The van der Waals surface area contributed by atoms with Crippen LogP contribution in [0.2, 0.25) is 0 Å². The smallest absolute Gasteiger partial charge is 0.127 e. The van der Waals surface area contributed by atoms with Gasteiger partial charge >= 0.3 is 0 Å². The molecule has 3 aromatic rings. The molecule has 0 amide bonds. The molecular weight excluding hydrogens is 267 g/mol. The van der Waals surface area contributed by atoms with Crippen molar-refractivity contribution in [3.63, 3.8) is 0 Å². The van der Waals surface area contributed by atoms with E-state index in [-0.39, 0.29) is 5.82 Å². The molecule has 1 aromatic heterocycles. The Hall–Kier alpha value is -3.13. The van der Waals surface area contributed by atoms with Gasteiger partial charge in [-0.15, -0.1) is 0 Å². The molecule has 2 N–H and O–H groups in total. The highest BCUT2D eigenvalue weighted by molar-refractivity contribution is 5.63. The molecule has 0 saturated carbocycles. The molecule has 0 aliphatic heterocycles. The Morgan fingerprint density at radius 2 is 1.86 bits per heavy atom. The summed E-state index contributed by atoms with van der Waals surface area (Å²) >= 11 is 0. The summed E-state index contributed by atoms with van der Waals surface area (Å²) in [6.07, 6.45) is 0. The zero-order valence-electron chi connectivity index (χ0n) is 11.0. The number of benzene rings is 2. The van der Waals surface area contributed by atoms with Gasteiger partial charge in [0.15, 0.2) is 0 Å². The third-order valence-corrected chi connectivity index (χ3v) is 3.10. The Morgan fingerprint density at radius 1 is 1.10 bits per heavy atom. The van der Waals surface area contributed by atoms with Crippen LogP contribution in [0.5, 0.6) is 0 Å². The molecule has 0 atom stereocenters. The van der Waals surface area contributed by atoms with Crippen LogP contribution in [0.3, 0.4) is 0 Å². The second-order valence-corrected chi connectivity index (χ2v) is 4.54. The summed E-state index contributed by atoms with van der Waals surface area (Å²) in [5.74, 6) is 0.150. The van der Waals surface area contributed by atoms with Gasteiger partial charge in [0.25, 0.3) is 0 Å². The number of hydrogen-bond donors (Lipinski definition) is 1. The number of nitrogens with zero attached hydrogens (tertiary/aromatic N) is 3. The van der Waals surface area contributed by atoms with Gasteiger partial charge in [-0.2, -0.15) is 10.4 Å². The van der Waals surface area contributed by atoms with Crippen LogP contribution < -0.4 is 5.73 Å². The van der Waals surface area contributed by atoms with Crippen molar-refractivity contribution in [2.24, 2.45) is 0 Å². The maximum atomic E-state index is 13.0. The van der Waals surface area contributed by atoms with E-state index < -0.39 is 0 Å². The molecule has 102 valence electrons. The minimum atomic E-state index is -0.298. The van der Waals surface area contributed by atoms with Gasteiger partial charge in [0.1, 0.15) is 11.6 Å². The Kier molecular flexibility index (Phi) is 3.13. The fraction of sp³-hybridized carbons (Fsp3) is 0. The highest BCUT2D eigenvalue weighted by Crippen LogP contribution is 2.23. The number of nitrogens with two attached hydrogens (primary N) is 1. The fourth-order valence-electron chi connectivity index (χ4n) is 2.07. The maximum Gasteiger partial charge on any atom is 0.127 e. The average molecular weight is 278 g/mol. The van der Waals surface area contributed by atoms with E-state index in [1.54, 1.807) is 41.1 Å². The Labute approximate surface area is 120 Å². The van der Waals surface area contributed by atoms with Crippen molar-refractivity contribution >= 4 is 5.82 Å². The molecule has 0 saturated heterocycles. The van der Waals surface area contributed by atoms with Crippen molar-refractivity contribution in [2.45, 2.75) is 0 Å². The molecular formula is C16H11FN4. The molecule has 0 radical (unpaired) electrons. The Morgan fingerprint density at radius 3 is 2.57 bits per heavy atom. The average Bonchev–Trinajstić information content (AvgIpc) is 2.90. The van der Waals surface area contributed by atoms with Crippen LogP contribution in [0, 0.1) is 17.1 Å². The molecule has 0 unspecified atom stereocenters. The summed E-state index contributed by atoms with van der Waals surface area (Å²) in [7, 11) is 0. The lowest BCUT2D eigenvalue weighted by Gasteiger charge is -2.03. The van der Waals surface area contributed by atoms with Crippen LogP contribution in [0.25, 0.3) is 16.9 Å². The predicted octanol–water partition coefficient (Wildman–Crippen LogP) is 3.13. The van der Waals surface area contributed by atoms with E-state index in [1.165, 1.54) is 12.1 Å². The molecule has 0 fully saturated rings. The zero-order valence-corrected chi connectivity index (χ0v) is 11.0. The zero-order chi connectivity index (χ0) is 14.8. The van der Waals surface area contributed by atoms with E-state index in [9.17, 15) is 4.39 Å². The Balaban J connectivity index is 2.05. The standard InChI is InChI=1S/C16H11FN4/c17-13-6-4-12(5-7-13)15-9-16(19)21(20-15)14-3-1-2-11(8-14)10-18/h1-9H,19H2. The van der Waals surface area contributed by atoms with E-state index in [0.29, 0.717) is 22.8 Å². The predicted molar refractivity (Wildman–Crippen MR) is 78.1 cm³/mol. The first-order chi connectivity index (χ1) is 10.2. The summed E-state index contributed by atoms with van der Waals surface area (Å²) in [6.45, 7) is 0. The van der Waals surface area contributed by atoms with Gasteiger partial charge in [-0.1, -0.05) is 6.07 Å². The molecule has 0 spiro atoms. The van der Waals surface area contributed by atoms with Crippen molar-refractivity contribution in [3.05, 3.63) is 66.0 Å². The van der Waals surface area contributed by atoms with Crippen molar-refractivity contribution in [2.75, 3.05) is 5.73 Å². The minimum absolute atomic E-state index is 0.298. The lowest BCUT2D eigenvalue weighted by atomic mass is 10.1. The van der Waals surface area contributed by atoms with Crippen LogP contribution in [-0.4, -0.2) is 9.78 Å². The number of aromatic nitrogens is 2. The summed E-state index contributed by atoms with van der Waals surface area (Å²) in [4.78, 5) is 0. The summed E-state index contributed by atoms with van der Waals surface area (Å²) < 4.78 is 14.5. The van der Waals surface area contributed by atoms with Crippen molar-refractivity contribution in [1.82, 2.24) is 9.78 Å². The summed E-state index contributed by atoms with van der Waals surface area (Å²) in [6, 6.07) is 16.8. The molecule has 3 rings (SSSR count). The monoisotopic (exact) mass is 278 g/mol. The highest BCUT2D eigenvalue weighted by Gasteiger charge is 2.09. The van der Waals surface area contributed by atoms with Crippen LogP contribution in [0.4, 0.5) is 10.2 Å². The van der Waals surface area contributed by atoms with Crippen LogP contribution >= 0.6 is 0 Å². The molecule has 0 bridgehead atoms. The van der Waals surface area contributed by atoms with Crippen LogP contribution in [0.15, 0.2) is 54.6 Å². The van der Waals surface area contributed by atoms with Crippen molar-refractivity contribution in [3.8, 4) is 23.0 Å². The maximum absolute atomic E-state index is 13.0. The lowest BCUT2D eigenvalue weighted by Crippen LogP contribution is -2.01. The van der Waals surface area contributed by atoms with Crippen LogP contribution in [-0.2, 0) is 0 Å². The van der Waals surface area contributed by atoms with Gasteiger partial charge in [-0.05, 0) is 42.5 Å². The van der Waals surface area contributed by atoms with E-state index in [1.807, 2.05) is 6.07 Å². The second-order valence-electron chi connectivity index (χ2n) is 4.54. The Bertz CT molecular complexity index is 828. The number of nitriles is 1. The van der Waals surface area contributed by atoms with Gasteiger partial charge in [0, 0.05) is 11.6 Å². The minimum Gasteiger partial charge on any atom is -0.384 e. The normalized spacial score (nSPS) is 10.3. The first-order valence-electron chi connectivity index (χ1n) is 6.29. The molecule has 1 heterocycles. The molecule has 21 heavy (non-hydrogen) atoms. The van der Waals surface area contributed by atoms with E-state index in [0.717, 1.165) is 5.56 Å². The van der Waals surface area contributed by atoms with Gasteiger partial charge in [-0.3, -0.25) is 0 Å². The topological polar surface area (TPSA) is 67.6 Å². The first-order valence-corrected chi connectivity index (χ1v) is 6.29. The van der Waals surface area contributed by atoms with E-state index >= 15 is 0 Å². The van der Waals surface area contributed by atoms with E-state index in [4.69, 9.17) is 11.0 Å². The third kappa shape index (κ3) is 2.47. The van der Waals surface area contributed by atoms with Gasteiger partial charge < -0.3 is 5.73 Å². The van der Waals surface area contributed by atoms with Crippen molar-refractivity contribution < 1.29 is 4.39 Å².